The van der Waals surface area contributed by atoms with Gasteiger partial charge >= 0.3 is 0 Å². The molecular formula is C15H21NO2. The van der Waals surface area contributed by atoms with E-state index in [1.165, 1.54) is 5.56 Å². The van der Waals surface area contributed by atoms with Crippen LogP contribution < -0.4 is 10.1 Å². The number of Topliss-reactive ketones (excluding diaryl/α,β-unsaturated/α-hetero) is 1. The molecule has 0 fully saturated rings. The third-order valence-corrected chi connectivity index (χ3v) is 3.51. The minimum Gasteiger partial charge on any atom is -0.493 e. The van der Waals surface area contributed by atoms with Crippen molar-refractivity contribution >= 4 is 5.78 Å². The summed E-state index contributed by atoms with van der Waals surface area (Å²) in [6, 6.07) is 5.84. The monoisotopic (exact) mass is 247 g/mol. The Bertz CT molecular complexity index is 429. The molecule has 1 N–H and O–H groups in total. The topological polar surface area (TPSA) is 38.3 Å². The Balaban J connectivity index is 2.19. The van der Waals surface area contributed by atoms with Crippen LogP contribution in [0.3, 0.4) is 0 Å². The zero-order valence-corrected chi connectivity index (χ0v) is 11.2. The molecule has 1 aliphatic rings. The van der Waals surface area contributed by atoms with Gasteiger partial charge in [-0.25, -0.2) is 0 Å². The number of hydrogen-bond donors (Lipinski definition) is 1. The number of aryl methyl sites for hydroxylation is 1. The van der Waals surface area contributed by atoms with Gasteiger partial charge in [-0.05, 0) is 50.1 Å². The summed E-state index contributed by atoms with van der Waals surface area (Å²) < 4.78 is 5.57. The molecule has 3 nitrogen and oxygen atoms in total. The number of rotatable bonds is 5. The summed E-state index contributed by atoms with van der Waals surface area (Å²) in [4.78, 5) is 12.4. The molecule has 0 aromatic heterocycles. The number of ether oxygens (including phenoxy) is 1. The third kappa shape index (κ3) is 2.72. The van der Waals surface area contributed by atoms with Crippen LogP contribution in [-0.2, 0) is 6.42 Å². The Labute approximate surface area is 109 Å². The molecule has 0 saturated carbocycles. The van der Waals surface area contributed by atoms with Crippen LogP contribution >= 0.6 is 0 Å². The highest BCUT2D eigenvalue weighted by Gasteiger charge is 2.19. The lowest BCUT2D eigenvalue weighted by Gasteiger charge is -2.19. The Morgan fingerprint density at radius 1 is 1.50 bits per heavy atom. The van der Waals surface area contributed by atoms with Crippen LogP contribution in [0.25, 0.3) is 0 Å². The summed E-state index contributed by atoms with van der Waals surface area (Å²) in [5.41, 5.74) is 1.99. The molecule has 1 atom stereocenters. The molecule has 0 spiro atoms. The Kier molecular flexibility index (Phi) is 4.37. The molecule has 1 aliphatic heterocycles. The maximum Gasteiger partial charge on any atom is 0.167 e. The van der Waals surface area contributed by atoms with E-state index in [-0.39, 0.29) is 11.7 Å². The second-order valence-electron chi connectivity index (χ2n) is 4.80. The fourth-order valence-electron chi connectivity index (χ4n) is 2.42. The lowest BCUT2D eigenvalue weighted by atomic mass is 9.93. The maximum atomic E-state index is 12.4. The summed E-state index contributed by atoms with van der Waals surface area (Å²) in [6.45, 7) is 3.59. The van der Waals surface area contributed by atoms with Gasteiger partial charge in [0.15, 0.2) is 5.78 Å². The van der Waals surface area contributed by atoms with Gasteiger partial charge in [-0.3, -0.25) is 4.79 Å². The van der Waals surface area contributed by atoms with Gasteiger partial charge in [0, 0.05) is 18.0 Å². The predicted molar refractivity (Wildman–Crippen MR) is 72.3 cm³/mol. The van der Waals surface area contributed by atoms with Crippen molar-refractivity contribution in [3.63, 3.8) is 0 Å². The number of ketones is 1. The number of carbonyl (C=O) groups is 1. The summed E-state index contributed by atoms with van der Waals surface area (Å²) in [7, 11) is 1.89. The molecule has 1 aromatic rings. The maximum absolute atomic E-state index is 12.4. The van der Waals surface area contributed by atoms with E-state index in [0.717, 1.165) is 43.7 Å². The molecule has 0 radical (unpaired) electrons. The molecular weight excluding hydrogens is 226 g/mol. The van der Waals surface area contributed by atoms with E-state index in [4.69, 9.17) is 4.74 Å². The van der Waals surface area contributed by atoms with Crippen LogP contribution in [0, 0.1) is 5.92 Å². The van der Waals surface area contributed by atoms with Gasteiger partial charge in [0.1, 0.15) is 5.75 Å². The molecule has 98 valence electrons. The van der Waals surface area contributed by atoms with Crippen molar-refractivity contribution in [2.24, 2.45) is 5.92 Å². The van der Waals surface area contributed by atoms with Gasteiger partial charge in [-0.2, -0.15) is 0 Å². The standard InChI is InChI=1S/C15H21NO2/c1-3-11(10-16-2)15(17)13-6-7-14-12(9-13)5-4-8-18-14/h6-7,9,11,16H,3-5,8,10H2,1-2H3. The molecule has 3 heteroatoms. The van der Waals surface area contributed by atoms with E-state index < -0.39 is 0 Å². The number of benzene rings is 1. The fourth-order valence-corrected chi connectivity index (χ4v) is 2.42. The van der Waals surface area contributed by atoms with Gasteiger partial charge in [0.05, 0.1) is 6.61 Å². The minimum absolute atomic E-state index is 0.0672. The van der Waals surface area contributed by atoms with E-state index in [9.17, 15) is 4.79 Å². The van der Waals surface area contributed by atoms with E-state index >= 15 is 0 Å². The highest BCUT2D eigenvalue weighted by Crippen LogP contribution is 2.26. The predicted octanol–water partition coefficient (Wildman–Crippen LogP) is 2.44. The molecule has 0 saturated heterocycles. The quantitative estimate of drug-likeness (QED) is 0.812. The molecule has 18 heavy (non-hydrogen) atoms. The average Bonchev–Trinajstić information content (AvgIpc) is 2.43. The van der Waals surface area contributed by atoms with Crippen molar-refractivity contribution in [3.8, 4) is 5.75 Å². The first kappa shape index (κ1) is 13.1. The SMILES string of the molecule is CCC(CNC)C(=O)c1ccc2c(c1)CCCO2. The van der Waals surface area contributed by atoms with Crippen LogP contribution in [0.1, 0.15) is 35.7 Å². The first-order valence-corrected chi connectivity index (χ1v) is 6.70. The summed E-state index contributed by atoms with van der Waals surface area (Å²) in [6.07, 6.45) is 2.92. The van der Waals surface area contributed by atoms with Crippen LogP contribution in [0.4, 0.5) is 0 Å². The number of nitrogens with one attached hydrogen (secondary N) is 1. The normalized spacial score (nSPS) is 15.7. The zero-order valence-electron chi connectivity index (χ0n) is 11.2. The third-order valence-electron chi connectivity index (χ3n) is 3.51. The van der Waals surface area contributed by atoms with Crippen molar-refractivity contribution in [2.45, 2.75) is 26.2 Å². The first-order chi connectivity index (χ1) is 8.76. The summed E-state index contributed by atoms with van der Waals surface area (Å²) in [5, 5.41) is 3.09. The molecule has 0 amide bonds. The van der Waals surface area contributed by atoms with Crippen molar-refractivity contribution in [1.82, 2.24) is 5.32 Å². The lowest BCUT2D eigenvalue weighted by Crippen LogP contribution is -2.26. The number of carbonyl (C=O) groups excluding carboxylic acids is 1. The number of fused-ring (bicyclic) bond motifs is 1. The Morgan fingerprint density at radius 3 is 3.06 bits per heavy atom. The molecule has 0 bridgehead atoms. The van der Waals surface area contributed by atoms with Crippen molar-refractivity contribution < 1.29 is 9.53 Å². The number of hydrogen-bond acceptors (Lipinski definition) is 3. The second kappa shape index (κ2) is 6.01. The van der Waals surface area contributed by atoms with Crippen LogP contribution in [0.5, 0.6) is 5.75 Å². The van der Waals surface area contributed by atoms with Gasteiger partial charge in [0.2, 0.25) is 0 Å². The summed E-state index contributed by atoms with van der Waals surface area (Å²) in [5.74, 6) is 1.25. The van der Waals surface area contributed by atoms with Gasteiger partial charge in [0.25, 0.3) is 0 Å². The van der Waals surface area contributed by atoms with Crippen LogP contribution in [0.15, 0.2) is 18.2 Å². The largest absolute Gasteiger partial charge is 0.493 e. The molecule has 1 aromatic carbocycles. The molecule has 1 heterocycles. The van der Waals surface area contributed by atoms with Crippen molar-refractivity contribution in [2.75, 3.05) is 20.2 Å². The lowest BCUT2D eigenvalue weighted by molar-refractivity contribution is 0.0916. The smallest absolute Gasteiger partial charge is 0.167 e. The molecule has 1 unspecified atom stereocenters. The highest BCUT2D eigenvalue weighted by atomic mass is 16.5. The van der Waals surface area contributed by atoms with E-state index in [1.54, 1.807) is 0 Å². The Morgan fingerprint density at radius 2 is 2.33 bits per heavy atom. The summed E-state index contributed by atoms with van der Waals surface area (Å²) >= 11 is 0. The van der Waals surface area contributed by atoms with E-state index in [1.807, 2.05) is 25.2 Å². The fraction of sp³-hybridized carbons (Fsp3) is 0.533. The van der Waals surface area contributed by atoms with Crippen molar-refractivity contribution in [1.29, 1.82) is 0 Å². The van der Waals surface area contributed by atoms with Crippen LogP contribution in [0.2, 0.25) is 0 Å². The van der Waals surface area contributed by atoms with Crippen molar-refractivity contribution in [3.05, 3.63) is 29.3 Å². The average molecular weight is 247 g/mol. The second-order valence-corrected chi connectivity index (χ2v) is 4.80. The van der Waals surface area contributed by atoms with Gasteiger partial charge in [-0.1, -0.05) is 6.92 Å². The van der Waals surface area contributed by atoms with E-state index in [2.05, 4.69) is 12.2 Å². The van der Waals surface area contributed by atoms with E-state index in [0.29, 0.717) is 0 Å². The highest BCUT2D eigenvalue weighted by molar-refractivity contribution is 5.98. The molecule has 0 aliphatic carbocycles. The zero-order chi connectivity index (χ0) is 13.0. The Hall–Kier alpha value is -1.35. The van der Waals surface area contributed by atoms with Gasteiger partial charge < -0.3 is 10.1 Å². The molecule has 2 rings (SSSR count). The van der Waals surface area contributed by atoms with Crippen LogP contribution in [-0.4, -0.2) is 26.0 Å². The first-order valence-electron chi connectivity index (χ1n) is 6.70. The minimum atomic E-state index is 0.0672. The van der Waals surface area contributed by atoms with Gasteiger partial charge in [-0.15, -0.1) is 0 Å².